The molecule has 1 aromatic carbocycles. The minimum Gasteiger partial charge on any atom is -0.493 e. The first kappa shape index (κ1) is 27.7. The van der Waals surface area contributed by atoms with E-state index in [9.17, 15) is 9.90 Å². The number of carbonyl (C=O) groups is 1. The summed E-state index contributed by atoms with van der Waals surface area (Å²) in [7, 11) is 1.63. The van der Waals surface area contributed by atoms with Crippen molar-refractivity contribution in [2.45, 2.75) is 58.3 Å². The van der Waals surface area contributed by atoms with E-state index in [2.05, 4.69) is 41.9 Å². The van der Waals surface area contributed by atoms with Gasteiger partial charge in [0, 0.05) is 25.2 Å². The number of nitriles is 1. The van der Waals surface area contributed by atoms with Gasteiger partial charge in [-0.05, 0) is 55.5 Å². The summed E-state index contributed by atoms with van der Waals surface area (Å²) in [6, 6.07) is 11.7. The average molecular weight is 523 g/mol. The van der Waals surface area contributed by atoms with Gasteiger partial charge in [0.2, 0.25) is 5.91 Å². The summed E-state index contributed by atoms with van der Waals surface area (Å²) < 4.78 is 17.3. The molecule has 2 fully saturated rings. The maximum Gasteiger partial charge on any atom is 0.224 e. The number of ether oxygens (including phenoxy) is 3. The van der Waals surface area contributed by atoms with Crippen LogP contribution >= 0.6 is 0 Å². The molecule has 4 rings (SSSR count). The van der Waals surface area contributed by atoms with E-state index >= 15 is 0 Å². The third-order valence-corrected chi connectivity index (χ3v) is 7.66. The van der Waals surface area contributed by atoms with Crippen LogP contribution in [0.5, 0.6) is 11.5 Å². The van der Waals surface area contributed by atoms with E-state index in [1.165, 1.54) is 0 Å². The Morgan fingerprint density at radius 3 is 2.66 bits per heavy atom. The van der Waals surface area contributed by atoms with Gasteiger partial charge in [-0.3, -0.25) is 4.79 Å². The van der Waals surface area contributed by atoms with Crippen molar-refractivity contribution in [1.29, 1.82) is 5.26 Å². The first-order valence-electron chi connectivity index (χ1n) is 13.1. The molecule has 2 unspecified atom stereocenters. The highest BCUT2D eigenvalue weighted by Gasteiger charge is 2.44. The molecule has 2 saturated heterocycles. The van der Waals surface area contributed by atoms with E-state index in [1.807, 2.05) is 11.0 Å². The summed E-state index contributed by atoms with van der Waals surface area (Å²) in [6.45, 7) is 10.3. The van der Waals surface area contributed by atoms with Gasteiger partial charge in [0.1, 0.15) is 11.9 Å². The number of anilines is 1. The number of pyridine rings is 1. The number of hydrogen-bond acceptors (Lipinski definition) is 8. The van der Waals surface area contributed by atoms with Crippen molar-refractivity contribution in [3.05, 3.63) is 47.7 Å². The van der Waals surface area contributed by atoms with Crippen LogP contribution in [-0.4, -0.2) is 72.7 Å². The minimum absolute atomic E-state index is 0.0262. The number of likely N-dealkylation sites (tertiary alicyclic amines) is 1. The Morgan fingerprint density at radius 1 is 1.24 bits per heavy atom. The van der Waals surface area contributed by atoms with Crippen molar-refractivity contribution < 1.29 is 24.1 Å². The van der Waals surface area contributed by atoms with Crippen molar-refractivity contribution >= 4 is 11.7 Å². The molecule has 0 bridgehead atoms. The molecule has 9 heteroatoms. The highest BCUT2D eigenvalue weighted by Crippen LogP contribution is 2.47. The Hall–Kier alpha value is -3.35. The van der Waals surface area contributed by atoms with Crippen LogP contribution in [0.4, 0.5) is 5.82 Å². The summed E-state index contributed by atoms with van der Waals surface area (Å²) in [5.41, 5.74) is 1.62. The second-order valence-electron chi connectivity index (χ2n) is 10.9. The first-order chi connectivity index (χ1) is 18.0. The number of carbonyl (C=O) groups excluding carboxylic acids is 1. The molecule has 0 aliphatic carbocycles. The molecular weight excluding hydrogens is 484 g/mol. The summed E-state index contributed by atoms with van der Waals surface area (Å²) in [5, 5.41) is 18.9. The number of aromatic nitrogens is 1. The molecule has 2 aromatic rings. The van der Waals surface area contributed by atoms with E-state index < -0.39 is 5.79 Å². The normalized spacial score (nSPS) is 21.7. The smallest absolute Gasteiger partial charge is 0.224 e. The zero-order valence-electron chi connectivity index (χ0n) is 22.9. The quantitative estimate of drug-likeness (QED) is 0.471. The second-order valence-corrected chi connectivity index (χ2v) is 10.9. The van der Waals surface area contributed by atoms with Crippen LogP contribution in [0.1, 0.15) is 57.6 Å². The molecule has 0 radical (unpaired) electrons. The molecule has 9 nitrogen and oxygen atoms in total. The van der Waals surface area contributed by atoms with Gasteiger partial charge >= 0.3 is 0 Å². The molecule has 1 aromatic heterocycles. The number of amides is 1. The largest absolute Gasteiger partial charge is 0.493 e. The lowest BCUT2D eigenvalue weighted by molar-refractivity contribution is -0.178. The van der Waals surface area contributed by atoms with E-state index in [0.717, 1.165) is 17.8 Å². The average Bonchev–Trinajstić information content (AvgIpc) is 3.23. The number of methoxy groups -OCH3 is 1. The number of benzene rings is 1. The van der Waals surface area contributed by atoms with Crippen LogP contribution in [0.2, 0.25) is 0 Å². The number of hydrogen-bond donors (Lipinski definition) is 1. The van der Waals surface area contributed by atoms with Crippen LogP contribution in [-0.2, 0) is 9.53 Å². The molecule has 1 amide bonds. The number of nitrogens with zero attached hydrogens (tertiary/aromatic N) is 4. The Labute approximate surface area is 224 Å². The van der Waals surface area contributed by atoms with Gasteiger partial charge in [-0.1, -0.05) is 19.9 Å². The van der Waals surface area contributed by atoms with Crippen molar-refractivity contribution in [3.8, 4) is 17.6 Å². The van der Waals surface area contributed by atoms with Crippen LogP contribution < -0.4 is 14.4 Å². The molecule has 204 valence electrons. The van der Waals surface area contributed by atoms with Gasteiger partial charge in [-0.25, -0.2) is 4.98 Å². The van der Waals surface area contributed by atoms with E-state index in [-0.39, 0.29) is 36.4 Å². The van der Waals surface area contributed by atoms with Crippen molar-refractivity contribution in [2.24, 2.45) is 5.41 Å². The lowest BCUT2D eigenvalue weighted by Gasteiger charge is -2.40. The number of aliphatic hydroxyl groups is 1. The topological polar surface area (TPSA) is 108 Å². The molecule has 0 saturated carbocycles. The van der Waals surface area contributed by atoms with E-state index in [0.29, 0.717) is 43.2 Å². The Morgan fingerprint density at radius 2 is 2.00 bits per heavy atom. The predicted octanol–water partition coefficient (Wildman–Crippen LogP) is 3.71. The van der Waals surface area contributed by atoms with Crippen molar-refractivity contribution in [3.63, 3.8) is 0 Å². The molecule has 38 heavy (non-hydrogen) atoms. The highest BCUT2D eigenvalue weighted by molar-refractivity contribution is 5.77. The van der Waals surface area contributed by atoms with Gasteiger partial charge in [0.05, 0.1) is 44.9 Å². The third kappa shape index (κ3) is 6.20. The summed E-state index contributed by atoms with van der Waals surface area (Å²) in [5.74, 6) is 1.06. The van der Waals surface area contributed by atoms with E-state index in [4.69, 9.17) is 19.5 Å². The standard InChI is InChI=1S/C29H38N4O5/c1-6-29(4)19-33(27(34)10-12-37-28(2,3)35)18-23(29)21-7-8-24(36-5)25(14-21)38-22-16-32(17-22)26-13-20(15-30)9-11-31-26/h7-9,11,13-14,22-23,35H,6,10,12,16-19H2,1-5H3. The van der Waals surface area contributed by atoms with Gasteiger partial charge in [-0.2, -0.15) is 5.26 Å². The monoisotopic (exact) mass is 522 g/mol. The fourth-order valence-electron chi connectivity index (χ4n) is 5.20. The van der Waals surface area contributed by atoms with Gasteiger partial charge in [-0.15, -0.1) is 0 Å². The number of rotatable bonds is 10. The van der Waals surface area contributed by atoms with Crippen LogP contribution in [0.15, 0.2) is 36.5 Å². The Kier molecular flexibility index (Phi) is 8.14. The van der Waals surface area contributed by atoms with Gasteiger partial charge in [0.25, 0.3) is 0 Å². The van der Waals surface area contributed by atoms with Crippen LogP contribution in [0.25, 0.3) is 0 Å². The van der Waals surface area contributed by atoms with Crippen LogP contribution in [0, 0.1) is 16.7 Å². The fraction of sp³-hybridized carbons (Fsp3) is 0.552. The van der Waals surface area contributed by atoms with E-state index in [1.54, 1.807) is 39.3 Å². The second kappa shape index (κ2) is 11.2. The molecule has 2 atom stereocenters. The summed E-state index contributed by atoms with van der Waals surface area (Å²) >= 11 is 0. The Balaban J connectivity index is 1.44. The molecule has 1 N–H and O–H groups in total. The zero-order chi connectivity index (χ0) is 27.5. The molecule has 0 spiro atoms. The maximum absolute atomic E-state index is 13.0. The predicted molar refractivity (Wildman–Crippen MR) is 143 cm³/mol. The van der Waals surface area contributed by atoms with Crippen LogP contribution in [0.3, 0.4) is 0 Å². The lowest BCUT2D eigenvalue weighted by Crippen LogP contribution is -2.54. The summed E-state index contributed by atoms with van der Waals surface area (Å²) in [6.07, 6.45) is 2.78. The Bertz CT molecular complexity index is 1180. The maximum atomic E-state index is 13.0. The fourth-order valence-corrected chi connectivity index (χ4v) is 5.20. The first-order valence-corrected chi connectivity index (χ1v) is 13.1. The SMILES string of the molecule is CCC1(C)CN(C(=O)CCOC(C)(C)O)CC1c1ccc(OC)c(OC2CN(c3cc(C#N)ccn3)C2)c1. The molecule has 2 aliphatic rings. The lowest BCUT2D eigenvalue weighted by atomic mass is 9.74. The molecular formula is C29H38N4O5. The highest BCUT2D eigenvalue weighted by atomic mass is 16.6. The molecule has 3 heterocycles. The minimum atomic E-state index is -1.25. The molecule has 2 aliphatic heterocycles. The van der Waals surface area contributed by atoms with Gasteiger partial charge in [0.15, 0.2) is 17.3 Å². The zero-order valence-corrected chi connectivity index (χ0v) is 22.9. The van der Waals surface area contributed by atoms with Crippen molar-refractivity contribution in [2.75, 3.05) is 44.8 Å². The third-order valence-electron chi connectivity index (χ3n) is 7.66. The van der Waals surface area contributed by atoms with Gasteiger partial charge < -0.3 is 29.1 Å². The van der Waals surface area contributed by atoms with Crippen molar-refractivity contribution in [1.82, 2.24) is 9.88 Å². The summed E-state index contributed by atoms with van der Waals surface area (Å²) in [4.78, 5) is 21.3.